The second-order valence-electron chi connectivity index (χ2n) is 5.03. The number of hydrogen-bond donors (Lipinski definition) is 1. The Morgan fingerprint density at radius 2 is 1.82 bits per heavy atom. The molecule has 1 amide bonds. The van der Waals surface area contributed by atoms with E-state index in [0.717, 1.165) is 11.3 Å². The van der Waals surface area contributed by atoms with Crippen LogP contribution < -0.4 is 10.1 Å². The van der Waals surface area contributed by atoms with Crippen LogP contribution in [0.1, 0.15) is 29.3 Å². The van der Waals surface area contributed by atoms with Crippen LogP contribution in [-0.4, -0.2) is 18.8 Å². The zero-order valence-corrected chi connectivity index (χ0v) is 12.8. The number of hydrogen-bond acceptors (Lipinski definition) is 3. The lowest BCUT2D eigenvalue weighted by Gasteiger charge is -2.07. The molecule has 0 unspecified atom stereocenters. The summed E-state index contributed by atoms with van der Waals surface area (Å²) in [6.45, 7) is 1.52. The van der Waals surface area contributed by atoms with Crippen molar-refractivity contribution >= 4 is 17.4 Å². The number of Topliss-reactive ketones (excluding diaryl/α,β-unsaturated/α-hetero) is 1. The average molecular weight is 297 g/mol. The first kappa shape index (κ1) is 15.8. The molecule has 0 saturated carbocycles. The minimum atomic E-state index is -0.0570. The largest absolute Gasteiger partial charge is 0.497 e. The number of carbonyl (C=O) groups excluding carboxylic acids is 2. The van der Waals surface area contributed by atoms with E-state index in [1.165, 1.54) is 6.92 Å². The number of anilines is 1. The second-order valence-corrected chi connectivity index (χ2v) is 5.03. The number of ether oxygens (including phenoxy) is 1. The van der Waals surface area contributed by atoms with Gasteiger partial charge in [-0.2, -0.15) is 0 Å². The van der Waals surface area contributed by atoms with E-state index in [1.807, 2.05) is 24.3 Å². The van der Waals surface area contributed by atoms with Gasteiger partial charge in [-0.15, -0.1) is 0 Å². The second kappa shape index (κ2) is 7.41. The van der Waals surface area contributed by atoms with Crippen molar-refractivity contribution in [3.63, 3.8) is 0 Å². The lowest BCUT2D eigenvalue weighted by atomic mass is 10.1. The molecule has 0 bridgehead atoms. The highest BCUT2D eigenvalue weighted by molar-refractivity contribution is 5.95. The Bertz CT molecular complexity index is 662. The fourth-order valence-electron chi connectivity index (χ4n) is 2.10. The maximum atomic E-state index is 11.9. The summed E-state index contributed by atoms with van der Waals surface area (Å²) in [5, 5.41) is 2.83. The zero-order chi connectivity index (χ0) is 15.9. The van der Waals surface area contributed by atoms with Crippen LogP contribution >= 0.6 is 0 Å². The summed E-state index contributed by atoms with van der Waals surface area (Å²) in [4.78, 5) is 23.1. The number of amides is 1. The van der Waals surface area contributed by atoms with Crippen LogP contribution in [0.5, 0.6) is 5.75 Å². The maximum absolute atomic E-state index is 11.9. The van der Waals surface area contributed by atoms with E-state index in [4.69, 9.17) is 4.74 Å². The molecule has 2 rings (SSSR count). The topological polar surface area (TPSA) is 55.4 Å². The summed E-state index contributed by atoms with van der Waals surface area (Å²) in [6, 6.07) is 14.6. The smallest absolute Gasteiger partial charge is 0.224 e. The number of ketones is 1. The van der Waals surface area contributed by atoms with Crippen molar-refractivity contribution in [3.05, 3.63) is 59.7 Å². The summed E-state index contributed by atoms with van der Waals surface area (Å²) in [5.41, 5.74) is 2.39. The van der Waals surface area contributed by atoms with E-state index in [0.29, 0.717) is 24.1 Å². The summed E-state index contributed by atoms with van der Waals surface area (Å²) in [5.74, 6) is 0.743. The molecule has 0 spiro atoms. The summed E-state index contributed by atoms with van der Waals surface area (Å²) >= 11 is 0. The molecule has 0 aromatic heterocycles. The third-order valence-electron chi connectivity index (χ3n) is 3.35. The van der Waals surface area contributed by atoms with E-state index < -0.39 is 0 Å². The Kier molecular flexibility index (Phi) is 5.31. The number of aryl methyl sites for hydroxylation is 1. The lowest BCUT2D eigenvalue weighted by Crippen LogP contribution is -2.12. The van der Waals surface area contributed by atoms with Crippen LogP contribution in [0.25, 0.3) is 0 Å². The molecule has 0 aliphatic heterocycles. The Hall–Kier alpha value is -2.62. The molecule has 114 valence electrons. The number of methoxy groups -OCH3 is 1. The first-order chi connectivity index (χ1) is 10.6. The molecule has 2 aromatic carbocycles. The molecule has 22 heavy (non-hydrogen) atoms. The van der Waals surface area contributed by atoms with Gasteiger partial charge in [0, 0.05) is 17.7 Å². The standard InChI is InChI=1S/C18H19NO3/c1-13(20)15-7-9-16(10-8-15)19-18(21)11-6-14-4-3-5-17(12-14)22-2/h3-5,7-10,12H,6,11H2,1-2H3,(H,19,21). The van der Waals surface area contributed by atoms with E-state index in [1.54, 1.807) is 31.4 Å². The van der Waals surface area contributed by atoms with E-state index in [-0.39, 0.29) is 11.7 Å². The van der Waals surface area contributed by atoms with Crippen LogP contribution in [0.3, 0.4) is 0 Å². The van der Waals surface area contributed by atoms with Gasteiger partial charge in [-0.1, -0.05) is 12.1 Å². The third-order valence-corrected chi connectivity index (χ3v) is 3.35. The van der Waals surface area contributed by atoms with Crippen molar-refractivity contribution in [2.75, 3.05) is 12.4 Å². The summed E-state index contributed by atoms with van der Waals surface area (Å²) < 4.78 is 5.16. The van der Waals surface area contributed by atoms with Gasteiger partial charge in [-0.25, -0.2) is 0 Å². The Morgan fingerprint density at radius 1 is 1.09 bits per heavy atom. The monoisotopic (exact) mass is 297 g/mol. The van der Waals surface area contributed by atoms with Gasteiger partial charge in [0.05, 0.1) is 7.11 Å². The number of carbonyl (C=O) groups is 2. The molecule has 0 saturated heterocycles. The molecule has 0 radical (unpaired) electrons. The SMILES string of the molecule is COc1cccc(CCC(=O)Nc2ccc(C(C)=O)cc2)c1. The Balaban J connectivity index is 1.88. The van der Waals surface area contributed by atoms with Crippen LogP contribution in [-0.2, 0) is 11.2 Å². The zero-order valence-electron chi connectivity index (χ0n) is 12.8. The van der Waals surface area contributed by atoms with Crippen molar-refractivity contribution in [3.8, 4) is 5.75 Å². The summed E-state index contributed by atoms with van der Waals surface area (Å²) in [7, 11) is 1.62. The molecular formula is C18H19NO3. The predicted octanol–water partition coefficient (Wildman–Crippen LogP) is 3.47. The van der Waals surface area contributed by atoms with Gasteiger partial charge in [-0.05, 0) is 55.3 Å². The highest BCUT2D eigenvalue weighted by Crippen LogP contribution is 2.15. The molecule has 4 heteroatoms. The molecule has 0 heterocycles. The molecule has 0 fully saturated rings. The highest BCUT2D eigenvalue weighted by Gasteiger charge is 2.05. The predicted molar refractivity (Wildman–Crippen MR) is 86.4 cm³/mol. The van der Waals surface area contributed by atoms with E-state index >= 15 is 0 Å². The van der Waals surface area contributed by atoms with Gasteiger partial charge in [0.2, 0.25) is 5.91 Å². The minimum Gasteiger partial charge on any atom is -0.497 e. The number of nitrogens with one attached hydrogen (secondary N) is 1. The normalized spacial score (nSPS) is 10.1. The average Bonchev–Trinajstić information content (AvgIpc) is 2.53. The fraction of sp³-hybridized carbons (Fsp3) is 0.222. The Morgan fingerprint density at radius 3 is 2.45 bits per heavy atom. The molecular weight excluding hydrogens is 278 g/mol. The number of benzene rings is 2. The molecule has 4 nitrogen and oxygen atoms in total. The van der Waals surface area contributed by atoms with Gasteiger partial charge >= 0.3 is 0 Å². The van der Waals surface area contributed by atoms with Crippen LogP contribution in [0.15, 0.2) is 48.5 Å². The van der Waals surface area contributed by atoms with Crippen molar-refractivity contribution in [1.29, 1.82) is 0 Å². The molecule has 1 N–H and O–H groups in total. The first-order valence-electron chi connectivity index (χ1n) is 7.12. The minimum absolute atomic E-state index is 0.0101. The molecule has 0 atom stereocenters. The third kappa shape index (κ3) is 4.45. The maximum Gasteiger partial charge on any atom is 0.224 e. The van der Waals surface area contributed by atoms with Gasteiger partial charge < -0.3 is 10.1 Å². The van der Waals surface area contributed by atoms with Crippen LogP contribution in [0.2, 0.25) is 0 Å². The molecule has 0 aliphatic carbocycles. The summed E-state index contributed by atoms with van der Waals surface area (Å²) in [6.07, 6.45) is 1.04. The van der Waals surface area contributed by atoms with Gasteiger partial charge in [0.1, 0.15) is 5.75 Å². The van der Waals surface area contributed by atoms with Crippen molar-refractivity contribution in [1.82, 2.24) is 0 Å². The molecule has 2 aromatic rings. The van der Waals surface area contributed by atoms with E-state index in [2.05, 4.69) is 5.32 Å². The van der Waals surface area contributed by atoms with Gasteiger partial charge in [0.15, 0.2) is 5.78 Å². The van der Waals surface area contributed by atoms with E-state index in [9.17, 15) is 9.59 Å². The van der Waals surface area contributed by atoms with Crippen molar-refractivity contribution < 1.29 is 14.3 Å². The Labute approximate surface area is 130 Å². The quantitative estimate of drug-likeness (QED) is 0.831. The number of rotatable bonds is 6. The van der Waals surface area contributed by atoms with Gasteiger partial charge in [-0.3, -0.25) is 9.59 Å². The van der Waals surface area contributed by atoms with Crippen molar-refractivity contribution in [2.24, 2.45) is 0 Å². The van der Waals surface area contributed by atoms with Crippen molar-refractivity contribution in [2.45, 2.75) is 19.8 Å². The van der Waals surface area contributed by atoms with Gasteiger partial charge in [0.25, 0.3) is 0 Å². The van der Waals surface area contributed by atoms with Crippen LogP contribution in [0, 0.1) is 0 Å². The highest BCUT2D eigenvalue weighted by atomic mass is 16.5. The fourth-order valence-corrected chi connectivity index (χ4v) is 2.10. The lowest BCUT2D eigenvalue weighted by molar-refractivity contribution is -0.116. The van der Waals surface area contributed by atoms with Crippen LogP contribution in [0.4, 0.5) is 5.69 Å². The molecule has 0 aliphatic rings. The first-order valence-corrected chi connectivity index (χ1v) is 7.12.